The fraction of sp³-hybridized carbons (Fsp3) is 0.429. The minimum Gasteiger partial charge on any atom is -0.480 e. The first kappa shape index (κ1) is 17.3. The number of carbonyl (C=O) groups excluding carboxylic acids is 1. The fourth-order valence-corrected chi connectivity index (χ4v) is 1.97. The number of halogens is 1. The average Bonchev–Trinajstić information content (AvgIpc) is 2.43. The van der Waals surface area contributed by atoms with Crippen molar-refractivity contribution < 1.29 is 19.4 Å². The monoisotopic (exact) mass is 314 g/mol. The van der Waals surface area contributed by atoms with Gasteiger partial charge in [-0.25, -0.2) is 4.79 Å². The predicted octanol–water partition coefficient (Wildman–Crippen LogP) is 2.32. The van der Waals surface area contributed by atoms with Crippen LogP contribution in [0.15, 0.2) is 24.3 Å². The second kappa shape index (κ2) is 7.85. The van der Waals surface area contributed by atoms with E-state index in [1.54, 1.807) is 38.4 Å². The molecule has 0 radical (unpaired) electrons. The molecule has 0 saturated carbocycles. The summed E-state index contributed by atoms with van der Waals surface area (Å²) in [5.41, 5.74) is 0.436. The van der Waals surface area contributed by atoms with Gasteiger partial charge in [0, 0.05) is 24.9 Å². The number of anilines is 1. The van der Waals surface area contributed by atoms with Gasteiger partial charge in [0.15, 0.2) is 0 Å². The SMILES string of the molecule is COCC(C)N(C)C(=O)N(CC(=O)O)c1cccc(Cl)c1. The Labute approximate surface area is 128 Å². The van der Waals surface area contributed by atoms with E-state index in [2.05, 4.69) is 0 Å². The molecule has 0 bridgehead atoms. The molecular weight excluding hydrogens is 296 g/mol. The number of carboxylic acids is 1. The van der Waals surface area contributed by atoms with Crippen LogP contribution >= 0.6 is 11.6 Å². The fourth-order valence-electron chi connectivity index (χ4n) is 1.78. The van der Waals surface area contributed by atoms with Gasteiger partial charge in [0.25, 0.3) is 0 Å². The van der Waals surface area contributed by atoms with E-state index in [4.69, 9.17) is 21.4 Å². The molecule has 1 N–H and O–H groups in total. The van der Waals surface area contributed by atoms with Crippen molar-refractivity contribution in [3.8, 4) is 0 Å². The molecule has 0 aliphatic rings. The van der Waals surface area contributed by atoms with Gasteiger partial charge in [-0.05, 0) is 25.1 Å². The van der Waals surface area contributed by atoms with Crippen LogP contribution in [0.25, 0.3) is 0 Å². The van der Waals surface area contributed by atoms with E-state index in [0.29, 0.717) is 17.3 Å². The summed E-state index contributed by atoms with van der Waals surface area (Å²) in [5, 5.41) is 9.45. The Bertz CT molecular complexity index is 510. The van der Waals surface area contributed by atoms with Crippen LogP contribution < -0.4 is 4.90 Å². The lowest BCUT2D eigenvalue weighted by molar-refractivity contribution is -0.135. The van der Waals surface area contributed by atoms with Crippen LogP contribution in [0.5, 0.6) is 0 Å². The highest BCUT2D eigenvalue weighted by atomic mass is 35.5. The molecule has 0 aliphatic heterocycles. The first-order valence-electron chi connectivity index (χ1n) is 6.37. The number of aliphatic carboxylic acids is 1. The maximum atomic E-state index is 12.5. The Morgan fingerprint density at radius 3 is 2.62 bits per heavy atom. The molecule has 2 amide bonds. The van der Waals surface area contributed by atoms with Gasteiger partial charge >= 0.3 is 12.0 Å². The second-order valence-electron chi connectivity index (χ2n) is 4.66. The number of amides is 2. The van der Waals surface area contributed by atoms with Gasteiger partial charge in [-0.15, -0.1) is 0 Å². The number of rotatable bonds is 6. The Balaban J connectivity index is 3.02. The van der Waals surface area contributed by atoms with E-state index in [-0.39, 0.29) is 6.04 Å². The molecule has 1 rings (SSSR count). The molecule has 0 saturated heterocycles. The molecule has 7 heteroatoms. The van der Waals surface area contributed by atoms with E-state index in [9.17, 15) is 9.59 Å². The maximum Gasteiger partial charge on any atom is 0.325 e. The second-order valence-corrected chi connectivity index (χ2v) is 5.09. The molecule has 0 aromatic heterocycles. The first-order chi connectivity index (χ1) is 9.86. The standard InChI is InChI=1S/C14H19ClN2O4/c1-10(9-21-3)16(2)14(20)17(8-13(18)19)12-6-4-5-11(15)7-12/h4-7,10H,8-9H2,1-3H3,(H,18,19). The zero-order valence-electron chi connectivity index (χ0n) is 12.2. The number of carbonyl (C=O) groups is 2. The molecule has 0 heterocycles. The summed E-state index contributed by atoms with van der Waals surface area (Å²) in [7, 11) is 3.15. The van der Waals surface area contributed by atoms with Crippen molar-refractivity contribution in [3.05, 3.63) is 29.3 Å². The summed E-state index contributed by atoms with van der Waals surface area (Å²) < 4.78 is 5.01. The third kappa shape index (κ3) is 4.91. The van der Waals surface area contributed by atoms with E-state index in [1.807, 2.05) is 6.92 Å². The normalized spacial score (nSPS) is 11.8. The minimum atomic E-state index is -1.10. The van der Waals surface area contributed by atoms with Crippen LogP contribution in [0.4, 0.5) is 10.5 Å². The van der Waals surface area contributed by atoms with Gasteiger partial charge in [0.2, 0.25) is 0 Å². The summed E-state index contributed by atoms with van der Waals surface area (Å²) in [5.74, 6) is -1.10. The molecule has 1 aromatic rings. The highest BCUT2D eigenvalue weighted by Crippen LogP contribution is 2.21. The van der Waals surface area contributed by atoms with Crippen LogP contribution in [0.1, 0.15) is 6.92 Å². The minimum absolute atomic E-state index is 0.182. The van der Waals surface area contributed by atoms with Crippen LogP contribution in [0, 0.1) is 0 Å². The lowest BCUT2D eigenvalue weighted by Gasteiger charge is -2.30. The number of nitrogens with zero attached hydrogens (tertiary/aromatic N) is 2. The van der Waals surface area contributed by atoms with Crippen molar-refractivity contribution in [1.29, 1.82) is 0 Å². The summed E-state index contributed by atoms with van der Waals surface area (Å²) in [4.78, 5) is 26.1. The molecule has 6 nitrogen and oxygen atoms in total. The van der Waals surface area contributed by atoms with Crippen molar-refractivity contribution in [1.82, 2.24) is 4.90 Å². The first-order valence-corrected chi connectivity index (χ1v) is 6.75. The number of hydrogen-bond donors (Lipinski definition) is 1. The van der Waals surface area contributed by atoms with Gasteiger partial charge < -0.3 is 14.7 Å². The lowest BCUT2D eigenvalue weighted by atomic mass is 10.2. The Morgan fingerprint density at radius 1 is 1.43 bits per heavy atom. The van der Waals surface area contributed by atoms with Gasteiger partial charge in [-0.1, -0.05) is 17.7 Å². The molecule has 0 aliphatic carbocycles. The zero-order chi connectivity index (χ0) is 16.0. The van der Waals surface area contributed by atoms with Crippen LogP contribution in [0.2, 0.25) is 5.02 Å². The Hall–Kier alpha value is -1.79. The zero-order valence-corrected chi connectivity index (χ0v) is 13.0. The number of ether oxygens (including phenoxy) is 1. The molecule has 0 spiro atoms. The molecule has 21 heavy (non-hydrogen) atoms. The molecule has 1 unspecified atom stereocenters. The number of urea groups is 1. The Kier molecular flexibility index (Phi) is 6.45. The molecular formula is C14H19ClN2O4. The average molecular weight is 315 g/mol. The van der Waals surface area contributed by atoms with Gasteiger partial charge in [-0.2, -0.15) is 0 Å². The van der Waals surface area contributed by atoms with Gasteiger partial charge in [0.05, 0.1) is 12.6 Å². The summed E-state index contributed by atoms with van der Waals surface area (Å²) >= 11 is 5.90. The van der Waals surface area contributed by atoms with Crippen LogP contribution in [0.3, 0.4) is 0 Å². The summed E-state index contributed by atoms with van der Waals surface area (Å²) in [6.07, 6.45) is 0. The Morgan fingerprint density at radius 2 is 2.10 bits per heavy atom. The largest absolute Gasteiger partial charge is 0.480 e. The molecule has 1 aromatic carbocycles. The third-order valence-electron chi connectivity index (χ3n) is 3.01. The number of benzene rings is 1. The number of hydrogen-bond acceptors (Lipinski definition) is 3. The third-order valence-corrected chi connectivity index (χ3v) is 3.25. The van der Waals surface area contributed by atoms with E-state index in [1.165, 1.54) is 9.80 Å². The number of methoxy groups -OCH3 is 1. The van der Waals surface area contributed by atoms with Crippen LogP contribution in [-0.4, -0.2) is 55.4 Å². The van der Waals surface area contributed by atoms with E-state index < -0.39 is 18.5 Å². The van der Waals surface area contributed by atoms with Crippen molar-refractivity contribution in [2.24, 2.45) is 0 Å². The van der Waals surface area contributed by atoms with E-state index in [0.717, 1.165) is 0 Å². The van der Waals surface area contributed by atoms with Crippen LogP contribution in [-0.2, 0) is 9.53 Å². The molecule has 1 atom stereocenters. The van der Waals surface area contributed by atoms with Crippen molar-refractivity contribution >= 4 is 29.3 Å². The van der Waals surface area contributed by atoms with Crippen molar-refractivity contribution in [2.45, 2.75) is 13.0 Å². The lowest BCUT2D eigenvalue weighted by Crippen LogP contribution is -2.48. The highest BCUT2D eigenvalue weighted by Gasteiger charge is 2.25. The predicted molar refractivity (Wildman–Crippen MR) is 80.9 cm³/mol. The van der Waals surface area contributed by atoms with E-state index >= 15 is 0 Å². The quantitative estimate of drug-likeness (QED) is 0.875. The smallest absolute Gasteiger partial charge is 0.325 e. The van der Waals surface area contributed by atoms with Crippen molar-refractivity contribution in [3.63, 3.8) is 0 Å². The molecule has 0 fully saturated rings. The summed E-state index contributed by atoms with van der Waals surface area (Å²) in [6.45, 7) is 1.74. The highest BCUT2D eigenvalue weighted by molar-refractivity contribution is 6.30. The molecule has 116 valence electrons. The topological polar surface area (TPSA) is 70.1 Å². The van der Waals surface area contributed by atoms with Gasteiger partial charge in [0.1, 0.15) is 6.54 Å². The van der Waals surface area contributed by atoms with Crippen molar-refractivity contribution in [2.75, 3.05) is 32.2 Å². The number of likely N-dealkylation sites (N-methyl/N-ethyl adjacent to an activating group) is 1. The number of carboxylic acid groups (broad SMARTS) is 1. The maximum absolute atomic E-state index is 12.5. The summed E-state index contributed by atoms with van der Waals surface area (Å²) in [6, 6.07) is 5.91. The van der Waals surface area contributed by atoms with Gasteiger partial charge in [-0.3, -0.25) is 9.69 Å².